The number of hydrogen-bond donors (Lipinski definition) is 0. The Morgan fingerprint density at radius 1 is 1.00 bits per heavy atom. The molecule has 1 fully saturated rings. The van der Waals surface area contributed by atoms with Gasteiger partial charge < -0.3 is 9.80 Å². The number of thioether (sulfide) groups is 1. The molecule has 4 rings (SSSR count). The van der Waals surface area contributed by atoms with E-state index >= 15 is 0 Å². The highest BCUT2D eigenvalue weighted by molar-refractivity contribution is 8.00. The van der Waals surface area contributed by atoms with Crippen LogP contribution in [0.25, 0.3) is 10.2 Å². The summed E-state index contributed by atoms with van der Waals surface area (Å²) < 4.78 is 2.26. The molecule has 0 atom stereocenters. The van der Waals surface area contributed by atoms with E-state index in [1.54, 1.807) is 34.9 Å². The van der Waals surface area contributed by atoms with Crippen LogP contribution in [-0.4, -0.2) is 52.8 Å². The van der Waals surface area contributed by atoms with Gasteiger partial charge in [0.2, 0.25) is 5.91 Å². The van der Waals surface area contributed by atoms with Crippen LogP contribution < -0.4 is 0 Å². The van der Waals surface area contributed by atoms with Crippen molar-refractivity contribution in [1.29, 1.82) is 0 Å². The molecule has 5 nitrogen and oxygen atoms in total. The molecule has 0 unspecified atom stereocenters. The molecular weight excluding hydrogens is 390 g/mol. The van der Waals surface area contributed by atoms with Gasteiger partial charge in [-0.05, 0) is 29.8 Å². The lowest BCUT2D eigenvalue weighted by Gasteiger charge is -2.34. The monoisotopic (exact) mass is 411 g/mol. The van der Waals surface area contributed by atoms with Gasteiger partial charge in [-0.3, -0.25) is 9.59 Å². The van der Waals surface area contributed by atoms with E-state index < -0.39 is 0 Å². The third kappa shape index (κ3) is 4.20. The fourth-order valence-electron chi connectivity index (χ4n) is 3.21. The highest BCUT2D eigenvalue weighted by Crippen LogP contribution is 2.31. The SMILES string of the molecule is CC(=O)N1CCN(C(=O)c2ccc(CSc3nc4ccccc4s3)cc2)CC1. The van der Waals surface area contributed by atoms with Gasteiger partial charge in [-0.2, -0.15) is 0 Å². The van der Waals surface area contributed by atoms with Crippen LogP contribution in [0, 0.1) is 0 Å². The maximum atomic E-state index is 12.7. The van der Waals surface area contributed by atoms with Gasteiger partial charge in [0.05, 0.1) is 10.2 Å². The van der Waals surface area contributed by atoms with Crippen molar-refractivity contribution in [2.75, 3.05) is 26.2 Å². The molecule has 1 aliphatic rings. The molecule has 2 amide bonds. The molecule has 1 aromatic heterocycles. The summed E-state index contributed by atoms with van der Waals surface area (Å²) in [5, 5.41) is 0. The Labute approximate surface area is 172 Å². The van der Waals surface area contributed by atoms with Gasteiger partial charge in [-0.1, -0.05) is 36.0 Å². The lowest BCUT2D eigenvalue weighted by Crippen LogP contribution is -2.50. The number of rotatable bonds is 4. The third-order valence-electron chi connectivity index (χ3n) is 4.85. The zero-order chi connectivity index (χ0) is 19.5. The Kier molecular flexibility index (Phi) is 5.64. The summed E-state index contributed by atoms with van der Waals surface area (Å²) in [7, 11) is 0. The second-order valence-electron chi connectivity index (χ2n) is 6.73. The quantitative estimate of drug-likeness (QED) is 0.611. The molecule has 0 saturated carbocycles. The first-order valence-electron chi connectivity index (χ1n) is 9.22. The van der Waals surface area contributed by atoms with Gasteiger partial charge in [-0.15, -0.1) is 11.3 Å². The van der Waals surface area contributed by atoms with E-state index in [1.165, 1.54) is 10.3 Å². The largest absolute Gasteiger partial charge is 0.339 e. The molecule has 0 spiro atoms. The van der Waals surface area contributed by atoms with Crippen molar-refractivity contribution in [2.24, 2.45) is 0 Å². The van der Waals surface area contributed by atoms with Crippen LogP contribution in [0.4, 0.5) is 0 Å². The molecule has 0 N–H and O–H groups in total. The first-order chi connectivity index (χ1) is 13.6. The van der Waals surface area contributed by atoms with E-state index in [4.69, 9.17) is 0 Å². The summed E-state index contributed by atoms with van der Waals surface area (Å²) in [4.78, 5) is 32.3. The van der Waals surface area contributed by atoms with Gasteiger partial charge in [0.1, 0.15) is 0 Å². The van der Waals surface area contributed by atoms with Crippen molar-refractivity contribution in [2.45, 2.75) is 17.0 Å². The molecule has 0 aliphatic carbocycles. The molecule has 2 aromatic carbocycles. The Morgan fingerprint density at radius 3 is 2.36 bits per heavy atom. The number of aromatic nitrogens is 1. The number of fused-ring (bicyclic) bond motifs is 1. The minimum Gasteiger partial charge on any atom is -0.339 e. The number of carbonyl (C=O) groups is 2. The highest BCUT2D eigenvalue weighted by Gasteiger charge is 2.23. The first kappa shape index (κ1) is 19.0. The number of hydrogen-bond acceptors (Lipinski definition) is 5. The molecule has 0 bridgehead atoms. The van der Waals surface area contributed by atoms with Crippen molar-refractivity contribution in [3.63, 3.8) is 0 Å². The van der Waals surface area contributed by atoms with E-state index in [-0.39, 0.29) is 11.8 Å². The Morgan fingerprint density at radius 2 is 1.68 bits per heavy atom. The van der Waals surface area contributed by atoms with E-state index in [0.29, 0.717) is 31.7 Å². The molecule has 0 radical (unpaired) electrons. The second kappa shape index (κ2) is 8.32. The maximum absolute atomic E-state index is 12.7. The molecule has 1 aliphatic heterocycles. The number of nitrogens with zero attached hydrogens (tertiary/aromatic N) is 3. The van der Waals surface area contributed by atoms with Crippen molar-refractivity contribution in [1.82, 2.24) is 14.8 Å². The topological polar surface area (TPSA) is 53.5 Å². The number of amides is 2. The fraction of sp³-hybridized carbons (Fsp3) is 0.286. The summed E-state index contributed by atoms with van der Waals surface area (Å²) in [6, 6.07) is 16.0. The van der Waals surface area contributed by atoms with E-state index in [1.807, 2.05) is 47.4 Å². The predicted molar refractivity (Wildman–Crippen MR) is 114 cm³/mol. The Bertz CT molecular complexity index is 959. The Hall–Kier alpha value is -2.38. The third-order valence-corrected chi connectivity index (χ3v) is 7.10. The maximum Gasteiger partial charge on any atom is 0.253 e. The van der Waals surface area contributed by atoms with E-state index in [0.717, 1.165) is 15.6 Å². The molecule has 2 heterocycles. The molecule has 7 heteroatoms. The number of thiazole rings is 1. The first-order valence-corrected chi connectivity index (χ1v) is 11.0. The normalized spacial score (nSPS) is 14.5. The van der Waals surface area contributed by atoms with E-state index in [2.05, 4.69) is 11.1 Å². The van der Waals surface area contributed by atoms with E-state index in [9.17, 15) is 9.59 Å². The second-order valence-corrected chi connectivity index (χ2v) is 8.98. The number of para-hydroxylation sites is 1. The summed E-state index contributed by atoms with van der Waals surface area (Å²) in [6.07, 6.45) is 0. The van der Waals surface area contributed by atoms with Crippen LogP contribution in [0.2, 0.25) is 0 Å². The summed E-state index contributed by atoms with van der Waals surface area (Å²) in [6.45, 7) is 3.97. The predicted octanol–water partition coefficient (Wildman–Crippen LogP) is 3.89. The van der Waals surface area contributed by atoms with Crippen LogP contribution in [0.5, 0.6) is 0 Å². The lowest BCUT2D eigenvalue weighted by molar-refractivity contribution is -0.130. The van der Waals surface area contributed by atoms with Crippen LogP contribution >= 0.6 is 23.1 Å². The van der Waals surface area contributed by atoms with Crippen molar-refractivity contribution in [3.8, 4) is 0 Å². The zero-order valence-electron chi connectivity index (χ0n) is 15.6. The zero-order valence-corrected chi connectivity index (χ0v) is 17.3. The average Bonchev–Trinajstić information content (AvgIpc) is 3.15. The van der Waals surface area contributed by atoms with Gasteiger partial charge in [0, 0.05) is 44.4 Å². The average molecular weight is 412 g/mol. The Balaban J connectivity index is 1.34. The summed E-state index contributed by atoms with van der Waals surface area (Å²) >= 11 is 3.43. The molecule has 1 saturated heterocycles. The lowest BCUT2D eigenvalue weighted by atomic mass is 10.1. The van der Waals surface area contributed by atoms with Crippen molar-refractivity contribution < 1.29 is 9.59 Å². The fourth-order valence-corrected chi connectivity index (χ4v) is 5.23. The van der Waals surface area contributed by atoms with Crippen LogP contribution in [0.3, 0.4) is 0 Å². The number of carbonyl (C=O) groups excluding carboxylic acids is 2. The van der Waals surface area contributed by atoms with Gasteiger partial charge in [-0.25, -0.2) is 4.98 Å². The summed E-state index contributed by atoms with van der Waals surface area (Å²) in [5.41, 5.74) is 2.91. The van der Waals surface area contributed by atoms with Crippen LogP contribution in [0.15, 0.2) is 52.9 Å². The van der Waals surface area contributed by atoms with Gasteiger partial charge in [0.15, 0.2) is 4.34 Å². The van der Waals surface area contributed by atoms with Gasteiger partial charge in [0.25, 0.3) is 5.91 Å². The minimum absolute atomic E-state index is 0.0357. The molecular formula is C21H21N3O2S2. The van der Waals surface area contributed by atoms with Crippen LogP contribution in [0.1, 0.15) is 22.8 Å². The standard InChI is InChI=1S/C21H21N3O2S2/c1-15(25)23-10-12-24(13-11-23)20(26)17-8-6-16(7-9-17)14-27-21-22-18-4-2-3-5-19(18)28-21/h2-9H,10-14H2,1H3. The summed E-state index contributed by atoms with van der Waals surface area (Å²) in [5.74, 6) is 0.932. The molecule has 3 aromatic rings. The van der Waals surface area contributed by atoms with Crippen LogP contribution in [-0.2, 0) is 10.5 Å². The number of piperazine rings is 1. The van der Waals surface area contributed by atoms with Crippen molar-refractivity contribution >= 4 is 45.1 Å². The number of benzene rings is 2. The highest BCUT2D eigenvalue weighted by atomic mass is 32.2. The van der Waals surface area contributed by atoms with Crippen molar-refractivity contribution in [3.05, 3.63) is 59.7 Å². The molecule has 144 valence electrons. The van der Waals surface area contributed by atoms with Gasteiger partial charge >= 0.3 is 0 Å². The smallest absolute Gasteiger partial charge is 0.253 e. The minimum atomic E-state index is 0.0357. The molecule has 28 heavy (non-hydrogen) atoms.